The number of nitrogens with zero attached hydrogens (tertiary/aromatic N) is 2. The standard InChI is InChI=1S/C23H28FN3O3/c1-15(2)30-14-22(28)27-12-4-5-21(27)20-11-10-19(16(3)26-20)23(29)25-13-17-6-8-18(24)9-7-17/h6-11,15,21H,4-5,12-14H2,1-3H3,(H,25,29)/t21-/m0/s1. The van der Waals surface area contributed by atoms with Gasteiger partial charge in [0.1, 0.15) is 12.4 Å². The van der Waals surface area contributed by atoms with E-state index >= 15 is 0 Å². The summed E-state index contributed by atoms with van der Waals surface area (Å²) in [5.41, 5.74) is 2.70. The van der Waals surface area contributed by atoms with Crippen molar-refractivity contribution in [1.29, 1.82) is 0 Å². The van der Waals surface area contributed by atoms with Gasteiger partial charge in [-0.2, -0.15) is 0 Å². The highest BCUT2D eigenvalue weighted by molar-refractivity contribution is 5.95. The summed E-state index contributed by atoms with van der Waals surface area (Å²) < 4.78 is 18.5. The van der Waals surface area contributed by atoms with Gasteiger partial charge >= 0.3 is 0 Å². The summed E-state index contributed by atoms with van der Waals surface area (Å²) in [4.78, 5) is 31.5. The third-order valence-electron chi connectivity index (χ3n) is 5.17. The lowest BCUT2D eigenvalue weighted by atomic mass is 10.1. The zero-order valence-corrected chi connectivity index (χ0v) is 17.7. The summed E-state index contributed by atoms with van der Waals surface area (Å²) in [5.74, 6) is -0.580. The van der Waals surface area contributed by atoms with Crippen molar-refractivity contribution in [2.75, 3.05) is 13.2 Å². The molecule has 0 bridgehead atoms. The Balaban J connectivity index is 1.65. The largest absolute Gasteiger partial charge is 0.369 e. The van der Waals surface area contributed by atoms with E-state index in [1.807, 2.05) is 24.8 Å². The van der Waals surface area contributed by atoms with Crippen LogP contribution < -0.4 is 5.32 Å². The van der Waals surface area contributed by atoms with E-state index in [0.29, 0.717) is 24.3 Å². The first-order chi connectivity index (χ1) is 14.3. The molecule has 0 saturated carbocycles. The van der Waals surface area contributed by atoms with E-state index < -0.39 is 0 Å². The molecule has 1 fully saturated rings. The van der Waals surface area contributed by atoms with E-state index in [4.69, 9.17) is 4.74 Å². The number of pyridine rings is 1. The molecule has 7 heteroatoms. The topological polar surface area (TPSA) is 71.5 Å². The molecule has 0 spiro atoms. The highest BCUT2D eigenvalue weighted by Crippen LogP contribution is 2.31. The van der Waals surface area contributed by atoms with Gasteiger partial charge in [0.2, 0.25) is 5.91 Å². The molecular formula is C23H28FN3O3. The summed E-state index contributed by atoms with van der Waals surface area (Å²) in [5, 5.41) is 2.84. The highest BCUT2D eigenvalue weighted by Gasteiger charge is 2.31. The Hall–Kier alpha value is -2.80. The van der Waals surface area contributed by atoms with Gasteiger partial charge in [-0.15, -0.1) is 0 Å². The van der Waals surface area contributed by atoms with Gasteiger partial charge < -0.3 is 15.0 Å². The second kappa shape index (κ2) is 9.80. The van der Waals surface area contributed by atoms with Gasteiger partial charge in [0.15, 0.2) is 0 Å². The number of likely N-dealkylation sites (tertiary alicyclic amines) is 1. The van der Waals surface area contributed by atoms with Gasteiger partial charge in [-0.25, -0.2) is 4.39 Å². The highest BCUT2D eigenvalue weighted by atomic mass is 19.1. The lowest BCUT2D eigenvalue weighted by Crippen LogP contribution is -2.34. The first-order valence-corrected chi connectivity index (χ1v) is 10.3. The maximum atomic E-state index is 13.0. The number of aryl methyl sites for hydroxylation is 1. The van der Waals surface area contributed by atoms with Gasteiger partial charge in [0, 0.05) is 13.1 Å². The summed E-state index contributed by atoms with van der Waals surface area (Å²) in [6.07, 6.45) is 1.76. The van der Waals surface area contributed by atoms with Gasteiger partial charge in [0.05, 0.1) is 29.1 Å². The predicted octanol–water partition coefficient (Wildman–Crippen LogP) is 3.55. The van der Waals surface area contributed by atoms with Crippen molar-refractivity contribution in [3.63, 3.8) is 0 Å². The quantitative estimate of drug-likeness (QED) is 0.754. The number of nitrogens with one attached hydrogen (secondary N) is 1. The monoisotopic (exact) mass is 413 g/mol. The van der Waals surface area contributed by atoms with Crippen LogP contribution in [-0.2, 0) is 16.1 Å². The lowest BCUT2D eigenvalue weighted by Gasteiger charge is -2.25. The Morgan fingerprint density at radius 3 is 2.63 bits per heavy atom. The molecule has 2 heterocycles. The van der Waals surface area contributed by atoms with Crippen LogP contribution >= 0.6 is 0 Å². The van der Waals surface area contributed by atoms with E-state index in [9.17, 15) is 14.0 Å². The SMILES string of the molecule is Cc1nc([C@@H]2CCCN2C(=O)COC(C)C)ccc1C(=O)NCc1ccc(F)cc1. The number of benzene rings is 1. The summed E-state index contributed by atoms with van der Waals surface area (Å²) in [6.45, 7) is 6.65. The predicted molar refractivity (Wildman–Crippen MR) is 111 cm³/mol. The Kier molecular flexibility index (Phi) is 7.15. The van der Waals surface area contributed by atoms with Crippen molar-refractivity contribution in [2.24, 2.45) is 0 Å². The van der Waals surface area contributed by atoms with Crippen LogP contribution in [0.4, 0.5) is 4.39 Å². The number of amides is 2. The van der Waals surface area contributed by atoms with E-state index in [0.717, 1.165) is 24.1 Å². The number of rotatable bonds is 7. The average Bonchev–Trinajstić information content (AvgIpc) is 3.21. The first kappa shape index (κ1) is 21.9. The fourth-order valence-electron chi connectivity index (χ4n) is 3.58. The number of carbonyl (C=O) groups excluding carboxylic acids is 2. The Labute approximate surface area is 176 Å². The van der Waals surface area contributed by atoms with Gasteiger partial charge in [-0.3, -0.25) is 14.6 Å². The minimum Gasteiger partial charge on any atom is -0.369 e. The molecule has 30 heavy (non-hydrogen) atoms. The van der Waals surface area contributed by atoms with Crippen LogP contribution in [0.3, 0.4) is 0 Å². The molecule has 1 atom stereocenters. The van der Waals surface area contributed by atoms with Crippen LogP contribution in [0.25, 0.3) is 0 Å². The van der Waals surface area contributed by atoms with Crippen molar-refractivity contribution >= 4 is 11.8 Å². The fourth-order valence-corrected chi connectivity index (χ4v) is 3.58. The molecule has 1 saturated heterocycles. The average molecular weight is 413 g/mol. The normalized spacial score (nSPS) is 16.2. The smallest absolute Gasteiger partial charge is 0.253 e. The van der Waals surface area contributed by atoms with Gasteiger partial charge in [-0.05, 0) is 63.4 Å². The van der Waals surface area contributed by atoms with Crippen molar-refractivity contribution in [2.45, 2.75) is 52.3 Å². The number of hydrogen-bond donors (Lipinski definition) is 1. The molecule has 1 aliphatic rings. The molecule has 1 N–H and O–H groups in total. The summed E-state index contributed by atoms with van der Waals surface area (Å²) in [7, 11) is 0. The molecule has 1 aromatic carbocycles. The number of hydrogen-bond acceptors (Lipinski definition) is 4. The Morgan fingerprint density at radius 2 is 1.97 bits per heavy atom. The minimum absolute atomic E-state index is 0.00285. The van der Waals surface area contributed by atoms with Crippen molar-refractivity contribution in [3.8, 4) is 0 Å². The maximum absolute atomic E-state index is 13.0. The van der Waals surface area contributed by atoms with Gasteiger partial charge in [-0.1, -0.05) is 12.1 Å². The van der Waals surface area contributed by atoms with E-state index in [2.05, 4.69) is 10.3 Å². The lowest BCUT2D eigenvalue weighted by molar-refractivity contribution is -0.138. The van der Waals surface area contributed by atoms with Crippen molar-refractivity contribution in [3.05, 3.63) is 64.7 Å². The van der Waals surface area contributed by atoms with Crippen LogP contribution in [0.2, 0.25) is 0 Å². The number of ether oxygens (including phenoxy) is 1. The zero-order valence-electron chi connectivity index (χ0n) is 17.7. The molecule has 1 aromatic heterocycles. The third kappa shape index (κ3) is 5.42. The Morgan fingerprint density at radius 1 is 1.23 bits per heavy atom. The maximum Gasteiger partial charge on any atom is 0.253 e. The van der Waals surface area contributed by atoms with E-state index in [-0.39, 0.29) is 36.4 Å². The molecule has 1 aliphatic heterocycles. The minimum atomic E-state index is -0.309. The third-order valence-corrected chi connectivity index (χ3v) is 5.17. The van der Waals surface area contributed by atoms with Crippen LogP contribution in [0.5, 0.6) is 0 Å². The second-order valence-electron chi connectivity index (χ2n) is 7.78. The number of carbonyl (C=O) groups is 2. The Bertz CT molecular complexity index is 899. The van der Waals surface area contributed by atoms with Crippen molar-refractivity contribution in [1.82, 2.24) is 15.2 Å². The number of aromatic nitrogens is 1. The summed E-state index contributed by atoms with van der Waals surface area (Å²) >= 11 is 0. The first-order valence-electron chi connectivity index (χ1n) is 10.3. The van der Waals surface area contributed by atoms with Crippen molar-refractivity contribution < 1.29 is 18.7 Å². The second-order valence-corrected chi connectivity index (χ2v) is 7.78. The van der Waals surface area contributed by atoms with Crippen LogP contribution in [0, 0.1) is 12.7 Å². The molecular weight excluding hydrogens is 385 g/mol. The van der Waals surface area contributed by atoms with Crippen LogP contribution in [-0.4, -0.2) is 41.0 Å². The molecule has 3 rings (SSSR count). The van der Waals surface area contributed by atoms with Crippen LogP contribution in [0.15, 0.2) is 36.4 Å². The molecule has 6 nitrogen and oxygen atoms in total. The molecule has 0 unspecified atom stereocenters. The fraction of sp³-hybridized carbons (Fsp3) is 0.435. The molecule has 0 aliphatic carbocycles. The van der Waals surface area contributed by atoms with Gasteiger partial charge in [0.25, 0.3) is 5.91 Å². The molecule has 0 radical (unpaired) electrons. The van der Waals surface area contributed by atoms with Crippen LogP contribution in [0.1, 0.15) is 60.0 Å². The number of halogens is 1. The van der Waals surface area contributed by atoms with E-state index in [1.54, 1.807) is 25.1 Å². The van der Waals surface area contributed by atoms with E-state index in [1.165, 1.54) is 12.1 Å². The zero-order chi connectivity index (χ0) is 21.7. The molecule has 2 amide bonds. The molecule has 2 aromatic rings. The molecule has 160 valence electrons. The summed E-state index contributed by atoms with van der Waals surface area (Å²) in [6, 6.07) is 9.48.